The summed E-state index contributed by atoms with van der Waals surface area (Å²) in [6, 6.07) is -0.109. The molecule has 0 aromatic carbocycles. The third-order valence-corrected chi connectivity index (χ3v) is 2.06. The van der Waals surface area contributed by atoms with Crippen LogP contribution in [0.5, 0.6) is 0 Å². The minimum absolute atomic E-state index is 0.206. The topological polar surface area (TPSA) is 46.3 Å². The van der Waals surface area contributed by atoms with E-state index in [2.05, 4.69) is 6.92 Å². The number of carbonyl (C=O) groups excluding carboxylic acids is 1. The van der Waals surface area contributed by atoms with E-state index in [9.17, 15) is 4.79 Å². The summed E-state index contributed by atoms with van der Waals surface area (Å²) in [4.78, 5) is 12.6. The molecule has 0 aromatic heterocycles. The molecule has 13 heavy (non-hydrogen) atoms. The number of hydrogen-bond donors (Lipinski definition) is 1. The summed E-state index contributed by atoms with van der Waals surface area (Å²) < 4.78 is 0. The summed E-state index contributed by atoms with van der Waals surface area (Å²) >= 11 is 0. The first-order valence-corrected chi connectivity index (χ1v) is 4.95. The predicted molar refractivity (Wildman–Crippen MR) is 55.3 cm³/mol. The highest BCUT2D eigenvalue weighted by atomic mass is 16.2. The van der Waals surface area contributed by atoms with Crippen LogP contribution in [0.25, 0.3) is 0 Å². The predicted octanol–water partition coefficient (Wildman–Crippen LogP) is 2.17. The fourth-order valence-corrected chi connectivity index (χ4v) is 1.26. The summed E-state index contributed by atoms with van der Waals surface area (Å²) in [7, 11) is 0. The number of nitrogens with zero attached hydrogens (tertiary/aromatic N) is 1. The van der Waals surface area contributed by atoms with Crippen LogP contribution in [0.15, 0.2) is 0 Å². The number of unbranched alkanes of at least 4 members (excludes halogenated alkanes) is 3. The molecule has 2 amide bonds. The van der Waals surface area contributed by atoms with Crippen molar-refractivity contribution in [2.45, 2.75) is 45.6 Å². The lowest BCUT2D eigenvalue weighted by Crippen LogP contribution is -2.41. The highest BCUT2D eigenvalue weighted by molar-refractivity contribution is 5.72. The average Bonchev–Trinajstić information content (AvgIpc) is 2.02. The lowest BCUT2D eigenvalue weighted by Gasteiger charge is -2.24. The fraction of sp³-hybridized carbons (Fsp3) is 0.800. The van der Waals surface area contributed by atoms with E-state index in [-0.39, 0.29) is 12.1 Å². The van der Waals surface area contributed by atoms with Gasteiger partial charge in [-0.2, -0.15) is 0 Å². The molecule has 0 aliphatic heterocycles. The van der Waals surface area contributed by atoms with Crippen molar-refractivity contribution in [2.24, 2.45) is 5.73 Å². The molecule has 0 heterocycles. The lowest BCUT2D eigenvalue weighted by atomic mass is 10.2. The molecular weight excluding hydrogens is 164 g/mol. The maximum absolute atomic E-state index is 10.9. The minimum atomic E-state index is -0.315. The zero-order valence-electron chi connectivity index (χ0n) is 8.75. The Morgan fingerprint density at radius 3 is 2.38 bits per heavy atom. The van der Waals surface area contributed by atoms with E-state index < -0.39 is 0 Å². The molecule has 0 atom stereocenters. The summed E-state index contributed by atoms with van der Waals surface area (Å²) in [6.07, 6.45) is 4.25. The molecule has 0 saturated heterocycles. The van der Waals surface area contributed by atoms with E-state index in [1.807, 2.05) is 13.8 Å². The van der Waals surface area contributed by atoms with Gasteiger partial charge in [-0.15, -0.1) is 0 Å². The standard InChI is InChI=1S/C10H21N2O/c1-4-5-6-7-8-12(9(2)3)10(11)13/h9H,1,4-8H2,2-3H3,(H2,11,13). The normalized spacial score (nSPS) is 10.5. The first kappa shape index (κ1) is 12.3. The zero-order valence-corrected chi connectivity index (χ0v) is 8.75. The first-order valence-electron chi connectivity index (χ1n) is 4.95. The second-order valence-corrected chi connectivity index (χ2v) is 3.54. The van der Waals surface area contributed by atoms with Gasteiger partial charge in [0.25, 0.3) is 0 Å². The van der Waals surface area contributed by atoms with Crippen LogP contribution in [0.2, 0.25) is 0 Å². The maximum atomic E-state index is 10.9. The van der Waals surface area contributed by atoms with Crippen molar-refractivity contribution in [1.29, 1.82) is 0 Å². The van der Waals surface area contributed by atoms with E-state index >= 15 is 0 Å². The van der Waals surface area contributed by atoms with Crippen LogP contribution >= 0.6 is 0 Å². The number of hydrogen-bond acceptors (Lipinski definition) is 1. The van der Waals surface area contributed by atoms with Crippen molar-refractivity contribution in [3.8, 4) is 0 Å². The van der Waals surface area contributed by atoms with Gasteiger partial charge >= 0.3 is 6.03 Å². The van der Waals surface area contributed by atoms with Crippen LogP contribution in [0.1, 0.15) is 39.5 Å². The number of rotatable bonds is 6. The molecule has 2 N–H and O–H groups in total. The highest BCUT2D eigenvalue weighted by Gasteiger charge is 2.11. The van der Waals surface area contributed by atoms with Crippen LogP contribution in [-0.4, -0.2) is 23.5 Å². The Labute approximate surface area is 81.3 Å². The minimum Gasteiger partial charge on any atom is -0.351 e. The number of primary amides is 1. The molecule has 0 spiro atoms. The van der Waals surface area contributed by atoms with Gasteiger partial charge in [-0.1, -0.05) is 26.2 Å². The van der Waals surface area contributed by atoms with Gasteiger partial charge in [0.15, 0.2) is 0 Å². The van der Waals surface area contributed by atoms with Crippen molar-refractivity contribution in [3.05, 3.63) is 6.92 Å². The third kappa shape index (κ3) is 5.50. The van der Waals surface area contributed by atoms with Gasteiger partial charge in [0.2, 0.25) is 0 Å². The largest absolute Gasteiger partial charge is 0.351 e. The molecule has 0 bridgehead atoms. The Morgan fingerprint density at radius 2 is 2.00 bits per heavy atom. The zero-order chi connectivity index (χ0) is 10.3. The summed E-state index contributed by atoms with van der Waals surface area (Å²) in [6.45, 7) is 8.49. The summed E-state index contributed by atoms with van der Waals surface area (Å²) in [5.74, 6) is 0. The Hall–Kier alpha value is -0.730. The number of urea groups is 1. The van der Waals surface area contributed by atoms with Crippen LogP contribution in [0.3, 0.4) is 0 Å². The first-order chi connectivity index (χ1) is 6.09. The molecule has 3 nitrogen and oxygen atoms in total. The highest BCUT2D eigenvalue weighted by Crippen LogP contribution is 2.04. The molecule has 0 aliphatic rings. The summed E-state index contributed by atoms with van der Waals surface area (Å²) in [5.41, 5.74) is 5.23. The Bertz CT molecular complexity index is 146. The molecule has 0 aromatic rings. The van der Waals surface area contributed by atoms with E-state index in [4.69, 9.17) is 5.73 Å². The van der Waals surface area contributed by atoms with E-state index in [1.165, 1.54) is 0 Å². The Balaban J connectivity index is 3.64. The number of carbonyl (C=O) groups is 1. The van der Waals surface area contributed by atoms with Gasteiger partial charge in [-0.05, 0) is 20.3 Å². The van der Waals surface area contributed by atoms with Crippen molar-refractivity contribution >= 4 is 6.03 Å². The molecule has 0 aliphatic carbocycles. The van der Waals surface area contributed by atoms with Crippen molar-refractivity contribution in [2.75, 3.05) is 6.54 Å². The summed E-state index contributed by atoms with van der Waals surface area (Å²) in [5, 5.41) is 0. The number of nitrogens with two attached hydrogens (primary N) is 1. The van der Waals surface area contributed by atoms with Gasteiger partial charge in [-0.25, -0.2) is 4.79 Å². The molecule has 0 rings (SSSR count). The van der Waals surface area contributed by atoms with Crippen molar-refractivity contribution < 1.29 is 4.79 Å². The molecule has 77 valence electrons. The van der Waals surface area contributed by atoms with Crippen LogP contribution in [-0.2, 0) is 0 Å². The molecule has 1 radical (unpaired) electrons. The van der Waals surface area contributed by atoms with Crippen LogP contribution < -0.4 is 5.73 Å². The molecule has 0 unspecified atom stereocenters. The molecule has 0 saturated carbocycles. The molecule has 0 fully saturated rings. The van der Waals surface area contributed by atoms with Gasteiger partial charge in [-0.3, -0.25) is 0 Å². The van der Waals surface area contributed by atoms with Gasteiger partial charge in [0, 0.05) is 12.6 Å². The second kappa shape index (κ2) is 6.75. The number of amides is 2. The molecule has 3 heteroatoms. The van der Waals surface area contributed by atoms with Crippen molar-refractivity contribution in [3.63, 3.8) is 0 Å². The lowest BCUT2D eigenvalue weighted by molar-refractivity contribution is 0.191. The van der Waals surface area contributed by atoms with Crippen LogP contribution in [0, 0.1) is 6.92 Å². The monoisotopic (exact) mass is 185 g/mol. The average molecular weight is 185 g/mol. The van der Waals surface area contributed by atoms with Crippen molar-refractivity contribution in [1.82, 2.24) is 4.90 Å². The van der Waals surface area contributed by atoms with E-state index in [0.29, 0.717) is 0 Å². The third-order valence-electron chi connectivity index (χ3n) is 2.06. The molecular formula is C10H21N2O. The quantitative estimate of drug-likeness (QED) is 0.633. The maximum Gasteiger partial charge on any atom is 0.315 e. The van der Waals surface area contributed by atoms with Gasteiger partial charge in [0.05, 0.1) is 0 Å². The Morgan fingerprint density at radius 1 is 1.38 bits per heavy atom. The van der Waals surface area contributed by atoms with Gasteiger partial charge < -0.3 is 10.6 Å². The van der Waals surface area contributed by atoms with Crippen LogP contribution in [0.4, 0.5) is 4.79 Å². The smallest absolute Gasteiger partial charge is 0.315 e. The van der Waals surface area contributed by atoms with Gasteiger partial charge in [0.1, 0.15) is 0 Å². The Kier molecular flexibility index (Phi) is 6.37. The SMILES string of the molecule is [CH2]CCCCCN(C(N)=O)C(C)C. The van der Waals surface area contributed by atoms with E-state index in [0.717, 1.165) is 32.2 Å². The fourth-order valence-electron chi connectivity index (χ4n) is 1.26. The van der Waals surface area contributed by atoms with E-state index in [1.54, 1.807) is 4.90 Å². The second-order valence-electron chi connectivity index (χ2n) is 3.54.